The summed E-state index contributed by atoms with van der Waals surface area (Å²) in [6.45, 7) is 3.50. The van der Waals surface area contributed by atoms with Crippen LogP contribution in [-0.2, 0) is 11.3 Å². The summed E-state index contributed by atoms with van der Waals surface area (Å²) in [6.07, 6.45) is 7.40. The Hall–Kier alpha value is -3.16. The zero-order valence-corrected chi connectivity index (χ0v) is 14.6. The van der Waals surface area contributed by atoms with Crippen molar-refractivity contribution >= 4 is 5.97 Å². The number of carbonyl (C=O) groups excluding carboxylic acids is 1. The van der Waals surface area contributed by atoms with Gasteiger partial charge in [0.15, 0.2) is 5.69 Å². The molecule has 0 saturated heterocycles. The van der Waals surface area contributed by atoms with Crippen LogP contribution < -0.4 is 4.74 Å². The van der Waals surface area contributed by atoms with Crippen molar-refractivity contribution in [3.8, 4) is 17.0 Å². The van der Waals surface area contributed by atoms with Crippen LogP contribution in [0.15, 0.2) is 43.0 Å². The summed E-state index contributed by atoms with van der Waals surface area (Å²) in [7, 11) is 0. The molecular formula is C18H21N5O3. The Labute approximate surface area is 151 Å². The molecule has 3 aromatic rings. The van der Waals surface area contributed by atoms with Crippen molar-refractivity contribution in [1.29, 1.82) is 0 Å². The Morgan fingerprint density at radius 3 is 2.92 bits per heavy atom. The molecule has 1 N–H and O–H groups in total. The second kappa shape index (κ2) is 8.80. The number of ether oxygens (including phenoxy) is 2. The standard InChI is InChI=1S/C18H21N5O3/c1-2-25-18(24)17-16(20-22-21-17)14-7-3-4-8-15(14)26-12-6-5-10-23-11-9-19-13-23/h3-4,7-9,11,13H,2,5-6,10,12H2,1H3,(H,20,21,22). The number of nitrogens with one attached hydrogen (secondary N) is 1. The Kier molecular flexibility index (Phi) is 5.97. The highest BCUT2D eigenvalue weighted by molar-refractivity contribution is 5.94. The lowest BCUT2D eigenvalue weighted by Crippen LogP contribution is -2.07. The summed E-state index contributed by atoms with van der Waals surface area (Å²) in [6, 6.07) is 7.45. The highest BCUT2D eigenvalue weighted by Gasteiger charge is 2.21. The zero-order valence-electron chi connectivity index (χ0n) is 14.6. The van der Waals surface area contributed by atoms with Crippen LogP contribution in [0.25, 0.3) is 11.3 Å². The van der Waals surface area contributed by atoms with Gasteiger partial charge in [-0.3, -0.25) is 0 Å². The fourth-order valence-electron chi connectivity index (χ4n) is 2.55. The molecule has 2 aromatic heterocycles. The molecule has 0 fully saturated rings. The summed E-state index contributed by atoms with van der Waals surface area (Å²) < 4.78 is 13.0. The molecule has 3 rings (SSSR count). The highest BCUT2D eigenvalue weighted by Crippen LogP contribution is 2.30. The predicted molar refractivity (Wildman–Crippen MR) is 94.7 cm³/mol. The van der Waals surface area contributed by atoms with Gasteiger partial charge < -0.3 is 14.0 Å². The molecule has 0 aliphatic heterocycles. The number of benzene rings is 1. The molecular weight excluding hydrogens is 334 g/mol. The monoisotopic (exact) mass is 355 g/mol. The lowest BCUT2D eigenvalue weighted by molar-refractivity contribution is 0.0520. The van der Waals surface area contributed by atoms with Crippen LogP contribution in [-0.4, -0.2) is 44.1 Å². The number of para-hydroxylation sites is 1. The van der Waals surface area contributed by atoms with Crippen LogP contribution in [0.5, 0.6) is 5.75 Å². The highest BCUT2D eigenvalue weighted by atomic mass is 16.5. The molecule has 0 aliphatic rings. The van der Waals surface area contributed by atoms with Crippen molar-refractivity contribution in [3.63, 3.8) is 0 Å². The number of unbranched alkanes of at least 4 members (excludes halogenated alkanes) is 1. The third-order valence-corrected chi connectivity index (χ3v) is 3.79. The molecule has 26 heavy (non-hydrogen) atoms. The topological polar surface area (TPSA) is 94.9 Å². The first kappa shape index (κ1) is 17.7. The summed E-state index contributed by atoms with van der Waals surface area (Å²) in [5.74, 6) is 0.154. The molecule has 0 aliphatic carbocycles. The first-order chi connectivity index (χ1) is 12.8. The van der Waals surface area contributed by atoms with E-state index in [9.17, 15) is 4.79 Å². The number of H-pyrrole nitrogens is 1. The lowest BCUT2D eigenvalue weighted by atomic mass is 10.1. The summed E-state index contributed by atoms with van der Waals surface area (Å²) in [5.41, 5.74) is 1.29. The fraction of sp³-hybridized carbons (Fsp3) is 0.333. The largest absolute Gasteiger partial charge is 0.493 e. The SMILES string of the molecule is CCOC(=O)c1n[nH]nc1-c1ccccc1OCCCCn1ccnc1. The van der Waals surface area contributed by atoms with Gasteiger partial charge in [0.25, 0.3) is 0 Å². The van der Waals surface area contributed by atoms with Crippen molar-refractivity contribution in [2.45, 2.75) is 26.3 Å². The number of imidazole rings is 1. The lowest BCUT2D eigenvalue weighted by Gasteiger charge is -2.10. The molecule has 0 unspecified atom stereocenters. The maximum Gasteiger partial charge on any atom is 0.361 e. The Bertz CT molecular complexity index is 829. The maximum absolute atomic E-state index is 12.0. The van der Waals surface area contributed by atoms with E-state index in [1.807, 2.05) is 35.0 Å². The molecule has 8 heteroatoms. The number of hydrogen-bond donors (Lipinski definition) is 1. The number of aromatic amines is 1. The van der Waals surface area contributed by atoms with Crippen LogP contribution in [0.3, 0.4) is 0 Å². The Morgan fingerprint density at radius 1 is 1.23 bits per heavy atom. The summed E-state index contributed by atoms with van der Waals surface area (Å²) in [5, 5.41) is 10.5. The quantitative estimate of drug-likeness (QED) is 0.468. The van der Waals surface area contributed by atoms with Crippen LogP contribution in [0.1, 0.15) is 30.3 Å². The number of rotatable bonds is 9. The smallest absolute Gasteiger partial charge is 0.361 e. The van der Waals surface area contributed by atoms with Crippen molar-refractivity contribution in [1.82, 2.24) is 25.0 Å². The van der Waals surface area contributed by atoms with E-state index in [0.717, 1.165) is 19.4 Å². The average molecular weight is 355 g/mol. The molecule has 0 amide bonds. The van der Waals surface area contributed by atoms with Crippen molar-refractivity contribution < 1.29 is 14.3 Å². The van der Waals surface area contributed by atoms with E-state index in [0.29, 0.717) is 23.6 Å². The first-order valence-electron chi connectivity index (χ1n) is 8.55. The van der Waals surface area contributed by atoms with Gasteiger partial charge >= 0.3 is 5.97 Å². The third-order valence-electron chi connectivity index (χ3n) is 3.79. The number of aromatic nitrogens is 5. The molecule has 1 aromatic carbocycles. The maximum atomic E-state index is 12.0. The third kappa shape index (κ3) is 4.27. The van der Waals surface area contributed by atoms with Gasteiger partial charge in [-0.25, -0.2) is 9.78 Å². The van der Waals surface area contributed by atoms with Gasteiger partial charge in [-0.15, -0.1) is 5.10 Å². The van der Waals surface area contributed by atoms with E-state index in [2.05, 4.69) is 20.4 Å². The molecule has 136 valence electrons. The number of nitrogens with zero attached hydrogens (tertiary/aromatic N) is 4. The predicted octanol–water partition coefficient (Wildman–Crippen LogP) is 2.70. The van der Waals surface area contributed by atoms with Crippen molar-refractivity contribution in [2.75, 3.05) is 13.2 Å². The van der Waals surface area contributed by atoms with E-state index < -0.39 is 5.97 Å². The minimum atomic E-state index is -0.508. The summed E-state index contributed by atoms with van der Waals surface area (Å²) >= 11 is 0. The molecule has 8 nitrogen and oxygen atoms in total. The Balaban J connectivity index is 1.63. The molecule has 0 bridgehead atoms. The van der Waals surface area contributed by atoms with Gasteiger partial charge in [-0.2, -0.15) is 10.3 Å². The van der Waals surface area contributed by atoms with Crippen LogP contribution in [0, 0.1) is 0 Å². The van der Waals surface area contributed by atoms with Gasteiger partial charge in [0.1, 0.15) is 11.4 Å². The number of esters is 1. The van der Waals surface area contributed by atoms with E-state index in [1.54, 1.807) is 19.4 Å². The molecule has 0 radical (unpaired) electrons. The zero-order chi connectivity index (χ0) is 18.2. The minimum absolute atomic E-state index is 0.156. The second-order valence-electron chi connectivity index (χ2n) is 5.59. The van der Waals surface area contributed by atoms with Crippen molar-refractivity contribution in [2.24, 2.45) is 0 Å². The van der Waals surface area contributed by atoms with Gasteiger partial charge in [0.05, 0.1) is 19.5 Å². The van der Waals surface area contributed by atoms with Gasteiger partial charge in [-0.05, 0) is 31.9 Å². The minimum Gasteiger partial charge on any atom is -0.493 e. The molecule has 0 saturated carbocycles. The number of aryl methyl sites for hydroxylation is 1. The average Bonchev–Trinajstić information content (AvgIpc) is 3.34. The molecule has 0 spiro atoms. The molecule has 0 atom stereocenters. The van der Waals surface area contributed by atoms with Crippen LogP contribution in [0.4, 0.5) is 0 Å². The van der Waals surface area contributed by atoms with Crippen LogP contribution in [0.2, 0.25) is 0 Å². The molecule has 2 heterocycles. The van der Waals surface area contributed by atoms with E-state index in [1.165, 1.54) is 0 Å². The fourth-order valence-corrected chi connectivity index (χ4v) is 2.55. The number of hydrogen-bond acceptors (Lipinski definition) is 6. The van der Waals surface area contributed by atoms with E-state index in [4.69, 9.17) is 9.47 Å². The number of carbonyl (C=O) groups is 1. The normalized spacial score (nSPS) is 10.7. The van der Waals surface area contributed by atoms with Crippen LogP contribution >= 0.6 is 0 Å². The van der Waals surface area contributed by atoms with Gasteiger partial charge in [0, 0.05) is 24.5 Å². The van der Waals surface area contributed by atoms with E-state index >= 15 is 0 Å². The van der Waals surface area contributed by atoms with Crippen molar-refractivity contribution in [3.05, 3.63) is 48.7 Å². The summed E-state index contributed by atoms with van der Waals surface area (Å²) in [4.78, 5) is 16.1. The Morgan fingerprint density at radius 2 is 2.12 bits per heavy atom. The first-order valence-corrected chi connectivity index (χ1v) is 8.55. The second-order valence-corrected chi connectivity index (χ2v) is 5.59. The van der Waals surface area contributed by atoms with E-state index in [-0.39, 0.29) is 12.3 Å². The van der Waals surface area contributed by atoms with Gasteiger partial charge in [0.2, 0.25) is 0 Å². The van der Waals surface area contributed by atoms with Gasteiger partial charge in [-0.1, -0.05) is 12.1 Å².